The lowest BCUT2D eigenvalue weighted by Gasteiger charge is -2.26. The fraction of sp³-hybridized carbons (Fsp3) is 0.333. The Morgan fingerprint density at radius 3 is 2.60 bits per heavy atom. The summed E-state index contributed by atoms with van der Waals surface area (Å²) in [5, 5.41) is 3.39. The van der Waals surface area contributed by atoms with Gasteiger partial charge in [0, 0.05) is 31.2 Å². The van der Waals surface area contributed by atoms with E-state index < -0.39 is 6.04 Å². The van der Waals surface area contributed by atoms with Crippen LogP contribution >= 0.6 is 11.6 Å². The summed E-state index contributed by atoms with van der Waals surface area (Å²) in [7, 11) is 0. The van der Waals surface area contributed by atoms with E-state index in [0.717, 1.165) is 12.8 Å². The van der Waals surface area contributed by atoms with Gasteiger partial charge in [-0.05, 0) is 49.1 Å². The molecular formula is C18H20ClN3O3. The molecule has 25 heavy (non-hydrogen) atoms. The standard InChI is InChI=1S/C18H20ClN3O3/c19-13-1-6-16(21-11-13)25-15-4-2-14(3-5-15)22-18(23)17(20)12-7-9-24-10-8-12/h1-6,11-12,17H,7-10,20H2,(H,22,23). The van der Waals surface area contributed by atoms with E-state index in [-0.39, 0.29) is 11.8 Å². The summed E-state index contributed by atoms with van der Waals surface area (Å²) < 4.78 is 10.9. The summed E-state index contributed by atoms with van der Waals surface area (Å²) in [5.41, 5.74) is 6.74. The molecule has 0 saturated carbocycles. The summed E-state index contributed by atoms with van der Waals surface area (Å²) >= 11 is 5.79. The molecule has 1 aromatic heterocycles. The Morgan fingerprint density at radius 1 is 1.24 bits per heavy atom. The van der Waals surface area contributed by atoms with Crippen LogP contribution in [0.4, 0.5) is 5.69 Å². The monoisotopic (exact) mass is 361 g/mol. The summed E-state index contributed by atoms with van der Waals surface area (Å²) in [5.74, 6) is 1.04. The molecule has 0 bridgehead atoms. The van der Waals surface area contributed by atoms with Gasteiger partial charge in [-0.15, -0.1) is 0 Å². The summed E-state index contributed by atoms with van der Waals surface area (Å²) in [6.07, 6.45) is 3.15. The van der Waals surface area contributed by atoms with E-state index in [4.69, 9.17) is 26.8 Å². The van der Waals surface area contributed by atoms with Crippen LogP contribution in [0.3, 0.4) is 0 Å². The molecule has 1 amide bonds. The minimum absolute atomic E-state index is 0.160. The SMILES string of the molecule is NC(C(=O)Nc1ccc(Oc2ccc(Cl)cn2)cc1)C1CCOCC1. The molecule has 6 nitrogen and oxygen atoms in total. The van der Waals surface area contributed by atoms with Gasteiger partial charge >= 0.3 is 0 Å². The second-order valence-electron chi connectivity index (χ2n) is 5.91. The molecule has 1 aliphatic rings. The van der Waals surface area contributed by atoms with Gasteiger partial charge in [-0.3, -0.25) is 4.79 Å². The van der Waals surface area contributed by atoms with Crippen LogP contribution in [-0.4, -0.2) is 30.1 Å². The number of rotatable bonds is 5. The first kappa shape index (κ1) is 17.7. The topological polar surface area (TPSA) is 86.5 Å². The minimum Gasteiger partial charge on any atom is -0.439 e. The minimum atomic E-state index is -0.530. The number of hydrogen-bond donors (Lipinski definition) is 2. The molecule has 7 heteroatoms. The predicted molar refractivity (Wildman–Crippen MR) is 95.9 cm³/mol. The number of nitrogens with zero attached hydrogens (tertiary/aromatic N) is 1. The molecule has 1 aliphatic heterocycles. The van der Waals surface area contributed by atoms with Crippen LogP contribution in [0.2, 0.25) is 5.02 Å². The van der Waals surface area contributed by atoms with Gasteiger partial charge in [-0.2, -0.15) is 0 Å². The highest BCUT2D eigenvalue weighted by Gasteiger charge is 2.26. The van der Waals surface area contributed by atoms with Crippen molar-refractivity contribution in [2.45, 2.75) is 18.9 Å². The number of carbonyl (C=O) groups is 1. The molecule has 3 rings (SSSR count). The molecule has 2 heterocycles. The number of halogens is 1. The van der Waals surface area contributed by atoms with Crippen molar-refractivity contribution < 1.29 is 14.3 Å². The Balaban J connectivity index is 1.56. The van der Waals surface area contributed by atoms with Crippen molar-refractivity contribution in [3.05, 3.63) is 47.6 Å². The first-order valence-corrected chi connectivity index (χ1v) is 8.53. The van der Waals surface area contributed by atoms with Crippen molar-refractivity contribution in [2.75, 3.05) is 18.5 Å². The van der Waals surface area contributed by atoms with E-state index in [2.05, 4.69) is 10.3 Å². The lowest BCUT2D eigenvalue weighted by atomic mass is 9.92. The first-order chi connectivity index (χ1) is 12.1. The lowest BCUT2D eigenvalue weighted by molar-refractivity contribution is -0.119. The maximum atomic E-state index is 12.3. The summed E-state index contributed by atoms with van der Waals surface area (Å²) in [6, 6.07) is 9.90. The van der Waals surface area contributed by atoms with Crippen molar-refractivity contribution in [3.63, 3.8) is 0 Å². The van der Waals surface area contributed by atoms with Gasteiger partial charge < -0.3 is 20.5 Å². The molecule has 1 atom stereocenters. The Labute approximate surface area is 151 Å². The number of benzene rings is 1. The van der Waals surface area contributed by atoms with Gasteiger partial charge in [0.15, 0.2) is 0 Å². The van der Waals surface area contributed by atoms with Crippen LogP contribution in [0, 0.1) is 5.92 Å². The van der Waals surface area contributed by atoms with E-state index in [9.17, 15) is 4.79 Å². The van der Waals surface area contributed by atoms with Crippen molar-refractivity contribution in [1.29, 1.82) is 0 Å². The number of ether oxygens (including phenoxy) is 2. The highest BCUT2D eigenvalue weighted by atomic mass is 35.5. The fourth-order valence-electron chi connectivity index (χ4n) is 2.66. The average Bonchev–Trinajstić information content (AvgIpc) is 2.65. The number of nitrogens with two attached hydrogens (primary N) is 1. The highest BCUT2D eigenvalue weighted by Crippen LogP contribution is 2.23. The third-order valence-electron chi connectivity index (χ3n) is 4.12. The smallest absolute Gasteiger partial charge is 0.241 e. The quantitative estimate of drug-likeness (QED) is 0.853. The number of amides is 1. The van der Waals surface area contributed by atoms with Crippen LogP contribution in [0.5, 0.6) is 11.6 Å². The molecule has 2 aromatic rings. The van der Waals surface area contributed by atoms with Crippen LogP contribution in [0.15, 0.2) is 42.6 Å². The molecule has 0 spiro atoms. The van der Waals surface area contributed by atoms with E-state index >= 15 is 0 Å². The molecule has 1 aromatic carbocycles. The summed E-state index contributed by atoms with van der Waals surface area (Å²) in [4.78, 5) is 16.4. The van der Waals surface area contributed by atoms with Gasteiger partial charge in [0.25, 0.3) is 0 Å². The third kappa shape index (κ3) is 4.92. The molecule has 1 fully saturated rings. The van der Waals surface area contributed by atoms with Crippen LogP contribution in [0.25, 0.3) is 0 Å². The van der Waals surface area contributed by atoms with Gasteiger partial charge in [-0.1, -0.05) is 11.6 Å². The van der Waals surface area contributed by atoms with Crippen molar-refractivity contribution in [2.24, 2.45) is 11.7 Å². The van der Waals surface area contributed by atoms with Crippen LogP contribution in [0.1, 0.15) is 12.8 Å². The zero-order chi connectivity index (χ0) is 17.6. The number of nitrogens with one attached hydrogen (secondary N) is 1. The normalized spacial score (nSPS) is 16.2. The Bertz CT molecular complexity index is 701. The van der Waals surface area contributed by atoms with Crippen molar-refractivity contribution in [3.8, 4) is 11.6 Å². The second kappa shape index (κ2) is 8.29. The van der Waals surface area contributed by atoms with E-state index in [1.165, 1.54) is 6.20 Å². The maximum Gasteiger partial charge on any atom is 0.241 e. The predicted octanol–water partition coefficient (Wildman–Crippen LogP) is 3.22. The Morgan fingerprint density at radius 2 is 1.96 bits per heavy atom. The molecule has 3 N–H and O–H groups in total. The van der Waals surface area contributed by atoms with Gasteiger partial charge in [0.2, 0.25) is 11.8 Å². The number of carbonyl (C=O) groups excluding carboxylic acids is 1. The van der Waals surface area contributed by atoms with Crippen LogP contribution in [-0.2, 0) is 9.53 Å². The summed E-state index contributed by atoms with van der Waals surface area (Å²) in [6.45, 7) is 1.33. The van der Waals surface area contributed by atoms with Gasteiger partial charge in [-0.25, -0.2) is 4.98 Å². The van der Waals surface area contributed by atoms with Crippen molar-refractivity contribution >= 4 is 23.2 Å². The molecule has 0 radical (unpaired) electrons. The van der Waals surface area contributed by atoms with Gasteiger partial charge in [0.1, 0.15) is 5.75 Å². The molecule has 132 valence electrons. The van der Waals surface area contributed by atoms with E-state index in [1.54, 1.807) is 36.4 Å². The van der Waals surface area contributed by atoms with Crippen molar-refractivity contribution in [1.82, 2.24) is 4.98 Å². The number of anilines is 1. The zero-order valence-corrected chi connectivity index (χ0v) is 14.4. The second-order valence-corrected chi connectivity index (χ2v) is 6.34. The van der Waals surface area contributed by atoms with Gasteiger partial charge in [0.05, 0.1) is 11.1 Å². The number of hydrogen-bond acceptors (Lipinski definition) is 5. The average molecular weight is 362 g/mol. The third-order valence-corrected chi connectivity index (χ3v) is 4.34. The van der Waals surface area contributed by atoms with E-state index in [1.807, 2.05) is 0 Å². The largest absolute Gasteiger partial charge is 0.439 e. The molecular weight excluding hydrogens is 342 g/mol. The number of aromatic nitrogens is 1. The Kier molecular flexibility index (Phi) is 5.86. The molecule has 1 saturated heterocycles. The Hall–Kier alpha value is -2.15. The molecule has 1 unspecified atom stereocenters. The molecule has 0 aliphatic carbocycles. The van der Waals surface area contributed by atoms with E-state index in [0.29, 0.717) is 35.6 Å². The number of pyridine rings is 1. The van der Waals surface area contributed by atoms with Crippen LogP contribution < -0.4 is 15.8 Å². The lowest BCUT2D eigenvalue weighted by Crippen LogP contribution is -2.43. The highest BCUT2D eigenvalue weighted by molar-refractivity contribution is 6.30. The maximum absolute atomic E-state index is 12.3. The zero-order valence-electron chi connectivity index (χ0n) is 13.7. The fourth-order valence-corrected chi connectivity index (χ4v) is 2.78. The first-order valence-electron chi connectivity index (χ1n) is 8.15.